The fourth-order valence-electron chi connectivity index (χ4n) is 4.31. The first kappa shape index (κ1) is 20.4. The number of rotatable bonds is 6. The molecule has 0 radical (unpaired) electrons. The van der Waals surface area contributed by atoms with Gasteiger partial charge in [0.1, 0.15) is 0 Å². The SMILES string of the molecule is CN=C(NCCNC(=O)C(C)(C)C)NCCN1C(=O)C2C3C=CC(C3)C2C1=O. The van der Waals surface area contributed by atoms with Crippen LogP contribution in [0.25, 0.3) is 0 Å². The van der Waals surface area contributed by atoms with E-state index in [1.165, 1.54) is 4.90 Å². The summed E-state index contributed by atoms with van der Waals surface area (Å²) in [7, 11) is 1.66. The highest BCUT2D eigenvalue weighted by molar-refractivity contribution is 6.06. The summed E-state index contributed by atoms with van der Waals surface area (Å²) in [6.07, 6.45) is 5.15. The van der Waals surface area contributed by atoms with E-state index >= 15 is 0 Å². The quantitative estimate of drug-likeness (QED) is 0.197. The number of guanidine groups is 1. The number of nitrogens with one attached hydrogen (secondary N) is 3. The third-order valence-corrected chi connectivity index (χ3v) is 5.80. The molecule has 0 aromatic carbocycles. The summed E-state index contributed by atoms with van der Waals surface area (Å²) in [4.78, 5) is 42.7. The van der Waals surface area contributed by atoms with Crippen LogP contribution in [0.15, 0.2) is 17.1 Å². The zero-order valence-corrected chi connectivity index (χ0v) is 17.1. The molecule has 0 aromatic rings. The average molecular weight is 390 g/mol. The Hall–Kier alpha value is -2.38. The molecule has 1 heterocycles. The number of amides is 3. The molecule has 1 saturated heterocycles. The Balaban J connectivity index is 1.39. The summed E-state index contributed by atoms with van der Waals surface area (Å²) >= 11 is 0. The molecule has 28 heavy (non-hydrogen) atoms. The van der Waals surface area contributed by atoms with Crippen molar-refractivity contribution >= 4 is 23.7 Å². The van der Waals surface area contributed by atoms with Crippen molar-refractivity contribution < 1.29 is 14.4 Å². The Labute approximate surface area is 166 Å². The molecule has 3 amide bonds. The monoisotopic (exact) mass is 389 g/mol. The van der Waals surface area contributed by atoms with Crippen molar-refractivity contribution in [2.75, 3.05) is 33.2 Å². The molecule has 2 fully saturated rings. The number of hydrogen-bond donors (Lipinski definition) is 3. The molecule has 8 nitrogen and oxygen atoms in total. The van der Waals surface area contributed by atoms with Crippen molar-refractivity contribution in [3.8, 4) is 0 Å². The van der Waals surface area contributed by atoms with Crippen LogP contribution < -0.4 is 16.0 Å². The fraction of sp³-hybridized carbons (Fsp3) is 0.700. The highest BCUT2D eigenvalue weighted by Gasteiger charge is 2.58. The number of imide groups is 1. The second-order valence-electron chi connectivity index (χ2n) is 8.76. The molecule has 2 bridgehead atoms. The second kappa shape index (κ2) is 7.93. The second-order valence-corrected chi connectivity index (χ2v) is 8.76. The Kier molecular flexibility index (Phi) is 5.76. The van der Waals surface area contributed by atoms with E-state index in [2.05, 4.69) is 33.1 Å². The Bertz CT molecular complexity index is 679. The molecule has 4 unspecified atom stereocenters. The van der Waals surface area contributed by atoms with Crippen LogP contribution in [0.3, 0.4) is 0 Å². The van der Waals surface area contributed by atoms with Crippen LogP contribution in [0.5, 0.6) is 0 Å². The molecule has 3 aliphatic rings. The molecule has 0 aromatic heterocycles. The van der Waals surface area contributed by atoms with Gasteiger partial charge in [-0.3, -0.25) is 24.3 Å². The number of hydrogen-bond acceptors (Lipinski definition) is 4. The maximum absolute atomic E-state index is 12.6. The molecule has 8 heteroatoms. The van der Waals surface area contributed by atoms with Crippen LogP contribution in [0.2, 0.25) is 0 Å². The first-order valence-electron chi connectivity index (χ1n) is 10.0. The Morgan fingerprint density at radius 3 is 2.11 bits per heavy atom. The summed E-state index contributed by atoms with van der Waals surface area (Å²) in [6, 6.07) is 0. The lowest BCUT2D eigenvalue weighted by molar-refractivity contribution is -0.140. The predicted molar refractivity (Wildman–Crippen MR) is 106 cm³/mol. The number of nitrogens with zero attached hydrogens (tertiary/aromatic N) is 2. The number of allylic oxidation sites excluding steroid dienone is 2. The molecule has 0 spiro atoms. The average Bonchev–Trinajstić information content (AvgIpc) is 3.31. The van der Waals surface area contributed by atoms with Crippen molar-refractivity contribution in [3.63, 3.8) is 0 Å². The van der Waals surface area contributed by atoms with Crippen molar-refractivity contribution in [1.29, 1.82) is 0 Å². The van der Waals surface area contributed by atoms with Gasteiger partial charge in [-0.05, 0) is 18.3 Å². The summed E-state index contributed by atoms with van der Waals surface area (Å²) in [6.45, 7) is 7.40. The van der Waals surface area contributed by atoms with Crippen LogP contribution in [0.4, 0.5) is 0 Å². The summed E-state index contributed by atoms with van der Waals surface area (Å²) in [5.74, 6) is 0.702. The van der Waals surface area contributed by atoms with E-state index in [-0.39, 0.29) is 41.4 Å². The molecule has 4 atom stereocenters. The standard InChI is InChI=1S/C20H31N5O3/c1-20(2,3)18(28)22-7-8-23-19(21-4)24-9-10-25-16(26)14-12-5-6-13(11-12)15(14)17(25)27/h5-6,12-15H,7-11H2,1-4H3,(H,22,28)(H2,21,23,24). The lowest BCUT2D eigenvalue weighted by Crippen LogP contribution is -2.46. The fourth-order valence-corrected chi connectivity index (χ4v) is 4.31. The van der Waals surface area contributed by atoms with Crippen LogP contribution >= 0.6 is 0 Å². The van der Waals surface area contributed by atoms with Crippen molar-refractivity contribution in [2.24, 2.45) is 34.1 Å². The van der Waals surface area contributed by atoms with Gasteiger partial charge in [-0.2, -0.15) is 0 Å². The summed E-state index contributed by atoms with van der Waals surface area (Å²) < 4.78 is 0. The largest absolute Gasteiger partial charge is 0.355 e. The van der Waals surface area contributed by atoms with Gasteiger partial charge >= 0.3 is 0 Å². The summed E-state index contributed by atoms with van der Waals surface area (Å²) in [5, 5.41) is 9.10. The van der Waals surface area contributed by atoms with Crippen LogP contribution in [0.1, 0.15) is 27.2 Å². The first-order chi connectivity index (χ1) is 13.2. The maximum atomic E-state index is 12.6. The number of likely N-dealkylation sites (tertiary alicyclic amines) is 1. The molecule has 3 rings (SSSR count). The van der Waals surface area contributed by atoms with E-state index in [1.54, 1.807) is 7.05 Å². The van der Waals surface area contributed by atoms with Gasteiger partial charge in [0.05, 0.1) is 11.8 Å². The third-order valence-electron chi connectivity index (χ3n) is 5.80. The molecule has 1 saturated carbocycles. The maximum Gasteiger partial charge on any atom is 0.233 e. The minimum absolute atomic E-state index is 0.00249. The number of carbonyl (C=O) groups excluding carboxylic acids is 3. The molecule has 154 valence electrons. The smallest absolute Gasteiger partial charge is 0.233 e. The summed E-state index contributed by atoms with van der Waals surface area (Å²) in [5.41, 5.74) is -0.415. The lowest BCUT2D eigenvalue weighted by Gasteiger charge is -2.19. The van der Waals surface area contributed by atoms with Gasteiger partial charge in [0.15, 0.2) is 5.96 Å². The van der Waals surface area contributed by atoms with Crippen LogP contribution in [0, 0.1) is 29.1 Å². The Morgan fingerprint density at radius 1 is 1.04 bits per heavy atom. The zero-order chi connectivity index (χ0) is 20.5. The van der Waals surface area contributed by atoms with Crippen molar-refractivity contribution in [2.45, 2.75) is 27.2 Å². The van der Waals surface area contributed by atoms with Crippen molar-refractivity contribution in [1.82, 2.24) is 20.9 Å². The normalized spacial score (nSPS) is 28.7. The highest BCUT2D eigenvalue weighted by atomic mass is 16.2. The molecule has 3 N–H and O–H groups in total. The van der Waals surface area contributed by atoms with Gasteiger partial charge in [0, 0.05) is 38.6 Å². The van der Waals surface area contributed by atoms with Crippen LogP contribution in [-0.4, -0.2) is 61.8 Å². The molecule has 1 aliphatic heterocycles. The van der Waals surface area contributed by atoms with E-state index in [0.29, 0.717) is 32.1 Å². The molecular weight excluding hydrogens is 358 g/mol. The van der Waals surface area contributed by atoms with Gasteiger partial charge in [0.25, 0.3) is 0 Å². The van der Waals surface area contributed by atoms with Gasteiger partial charge in [0.2, 0.25) is 17.7 Å². The van der Waals surface area contributed by atoms with E-state index in [4.69, 9.17) is 0 Å². The topological polar surface area (TPSA) is 103 Å². The number of fused-ring (bicyclic) bond motifs is 5. The first-order valence-corrected chi connectivity index (χ1v) is 10.0. The molecule has 2 aliphatic carbocycles. The lowest BCUT2D eigenvalue weighted by atomic mass is 9.85. The van der Waals surface area contributed by atoms with Gasteiger partial charge < -0.3 is 16.0 Å². The minimum Gasteiger partial charge on any atom is -0.355 e. The zero-order valence-electron chi connectivity index (χ0n) is 17.1. The van der Waals surface area contributed by atoms with E-state index < -0.39 is 5.41 Å². The molecular formula is C20H31N5O3. The van der Waals surface area contributed by atoms with Gasteiger partial charge in [-0.1, -0.05) is 32.9 Å². The van der Waals surface area contributed by atoms with E-state index in [9.17, 15) is 14.4 Å². The van der Waals surface area contributed by atoms with E-state index in [1.807, 2.05) is 20.8 Å². The minimum atomic E-state index is -0.415. The predicted octanol–water partition coefficient (Wildman–Crippen LogP) is 0.121. The van der Waals surface area contributed by atoms with Crippen LogP contribution in [-0.2, 0) is 14.4 Å². The highest BCUT2D eigenvalue weighted by Crippen LogP contribution is 2.52. The van der Waals surface area contributed by atoms with E-state index in [0.717, 1.165) is 6.42 Å². The number of aliphatic imine (C=N–C) groups is 1. The third kappa shape index (κ3) is 3.91. The van der Waals surface area contributed by atoms with Gasteiger partial charge in [-0.25, -0.2) is 0 Å². The number of carbonyl (C=O) groups is 3. The Morgan fingerprint density at radius 2 is 1.57 bits per heavy atom. The van der Waals surface area contributed by atoms with Crippen molar-refractivity contribution in [3.05, 3.63) is 12.2 Å². The van der Waals surface area contributed by atoms with Gasteiger partial charge in [-0.15, -0.1) is 0 Å².